The third-order valence-corrected chi connectivity index (χ3v) is 4.49. The van der Waals surface area contributed by atoms with Crippen LogP contribution in [-0.4, -0.2) is 32.8 Å². The summed E-state index contributed by atoms with van der Waals surface area (Å²) >= 11 is 0. The highest BCUT2D eigenvalue weighted by Gasteiger charge is 2.37. The lowest BCUT2D eigenvalue weighted by Gasteiger charge is -2.29. The van der Waals surface area contributed by atoms with Crippen molar-refractivity contribution in [3.63, 3.8) is 0 Å². The summed E-state index contributed by atoms with van der Waals surface area (Å²) in [7, 11) is 1.74. The van der Waals surface area contributed by atoms with Gasteiger partial charge in [0.05, 0.1) is 6.61 Å². The van der Waals surface area contributed by atoms with E-state index in [0.717, 1.165) is 31.7 Å². The van der Waals surface area contributed by atoms with E-state index in [1.807, 2.05) is 0 Å². The molecule has 0 radical (unpaired) electrons. The molecule has 1 aromatic carbocycles. The molecule has 19 heavy (non-hydrogen) atoms. The second-order valence-electron chi connectivity index (χ2n) is 5.82. The molecular formula is C16H24N2O. The zero-order valence-electron chi connectivity index (χ0n) is 11.8. The smallest absolute Gasteiger partial charge is 0.0587 e. The second kappa shape index (κ2) is 5.93. The van der Waals surface area contributed by atoms with Crippen LogP contribution in [0, 0.1) is 5.92 Å². The molecule has 0 amide bonds. The quantitative estimate of drug-likeness (QED) is 0.795. The predicted molar refractivity (Wildman–Crippen MR) is 78.5 cm³/mol. The fourth-order valence-electron chi connectivity index (χ4n) is 3.45. The molecule has 1 aromatic rings. The minimum Gasteiger partial charge on any atom is -0.383 e. The Hall–Kier alpha value is -1.06. The van der Waals surface area contributed by atoms with E-state index in [-0.39, 0.29) is 0 Å². The standard InChI is InChI=1S/C16H24N2O/c1-19-9-8-17-11-13-2-5-15(6-3-13)18-12-14-4-7-16(18)10-14/h2-3,5-6,14,16-17H,4,7-12H2,1H3. The zero-order chi connectivity index (χ0) is 13.1. The monoisotopic (exact) mass is 260 g/mol. The number of nitrogens with zero attached hydrogens (tertiary/aromatic N) is 1. The van der Waals surface area contributed by atoms with Gasteiger partial charge in [-0.2, -0.15) is 0 Å². The van der Waals surface area contributed by atoms with E-state index in [9.17, 15) is 0 Å². The summed E-state index contributed by atoms with van der Waals surface area (Å²) in [4.78, 5) is 2.61. The van der Waals surface area contributed by atoms with Gasteiger partial charge in [0.1, 0.15) is 0 Å². The normalized spacial score (nSPS) is 25.2. The van der Waals surface area contributed by atoms with Gasteiger partial charge in [0.15, 0.2) is 0 Å². The fourth-order valence-corrected chi connectivity index (χ4v) is 3.45. The molecule has 3 heteroatoms. The summed E-state index contributed by atoms with van der Waals surface area (Å²) in [5, 5.41) is 3.38. The van der Waals surface area contributed by atoms with Crippen LogP contribution >= 0.6 is 0 Å². The van der Waals surface area contributed by atoms with Gasteiger partial charge in [-0.1, -0.05) is 12.1 Å². The van der Waals surface area contributed by atoms with Crippen LogP contribution in [0.3, 0.4) is 0 Å². The van der Waals surface area contributed by atoms with E-state index in [0.29, 0.717) is 0 Å². The number of piperidine rings is 1. The van der Waals surface area contributed by atoms with Gasteiger partial charge in [-0.25, -0.2) is 0 Å². The van der Waals surface area contributed by atoms with Gasteiger partial charge in [0, 0.05) is 38.5 Å². The maximum Gasteiger partial charge on any atom is 0.0587 e. The summed E-state index contributed by atoms with van der Waals surface area (Å²) in [6.45, 7) is 3.88. The lowest BCUT2D eigenvalue weighted by atomic mass is 10.1. The number of ether oxygens (including phenoxy) is 1. The highest BCUT2D eigenvalue weighted by molar-refractivity contribution is 5.50. The summed E-state index contributed by atoms with van der Waals surface area (Å²) in [6.07, 6.45) is 4.26. The van der Waals surface area contributed by atoms with Crippen molar-refractivity contribution in [3.8, 4) is 0 Å². The van der Waals surface area contributed by atoms with Crippen molar-refractivity contribution in [2.75, 3.05) is 31.7 Å². The maximum absolute atomic E-state index is 5.03. The van der Waals surface area contributed by atoms with Crippen LogP contribution in [0.4, 0.5) is 5.69 Å². The topological polar surface area (TPSA) is 24.5 Å². The molecule has 1 aliphatic heterocycles. The van der Waals surface area contributed by atoms with Crippen molar-refractivity contribution in [1.82, 2.24) is 5.32 Å². The molecule has 3 nitrogen and oxygen atoms in total. The van der Waals surface area contributed by atoms with E-state index in [1.54, 1.807) is 7.11 Å². The molecular weight excluding hydrogens is 236 g/mol. The van der Waals surface area contributed by atoms with Crippen molar-refractivity contribution in [2.24, 2.45) is 5.92 Å². The molecule has 1 heterocycles. The highest BCUT2D eigenvalue weighted by Crippen LogP contribution is 2.40. The SMILES string of the molecule is COCCNCc1ccc(N2CC3CCC2C3)cc1. The zero-order valence-corrected chi connectivity index (χ0v) is 11.8. The Bertz CT molecular complexity index is 404. The number of fused-ring (bicyclic) bond motifs is 2. The first-order chi connectivity index (χ1) is 9.36. The third kappa shape index (κ3) is 2.93. The minimum absolute atomic E-state index is 0.773. The Labute approximate surface area is 115 Å². The van der Waals surface area contributed by atoms with Crippen molar-refractivity contribution >= 4 is 5.69 Å². The molecule has 3 rings (SSSR count). The average molecular weight is 260 g/mol. The number of rotatable bonds is 6. The summed E-state index contributed by atoms with van der Waals surface area (Å²) in [5.41, 5.74) is 2.76. The first-order valence-corrected chi connectivity index (χ1v) is 7.42. The predicted octanol–water partition coefficient (Wildman–Crippen LogP) is 2.41. The van der Waals surface area contributed by atoms with Crippen molar-refractivity contribution < 1.29 is 4.74 Å². The number of hydrogen-bond acceptors (Lipinski definition) is 3. The molecule has 2 unspecified atom stereocenters. The number of nitrogens with one attached hydrogen (secondary N) is 1. The Kier molecular flexibility index (Phi) is 4.04. The van der Waals surface area contributed by atoms with E-state index < -0.39 is 0 Å². The third-order valence-electron chi connectivity index (χ3n) is 4.49. The first kappa shape index (κ1) is 12.9. The molecule has 0 spiro atoms. The van der Waals surface area contributed by atoms with Gasteiger partial charge >= 0.3 is 0 Å². The number of hydrogen-bond donors (Lipinski definition) is 1. The maximum atomic E-state index is 5.03. The molecule has 2 aliphatic rings. The van der Waals surface area contributed by atoms with Gasteiger partial charge < -0.3 is 15.0 Å². The molecule has 2 fully saturated rings. The number of benzene rings is 1. The Balaban J connectivity index is 1.54. The van der Waals surface area contributed by atoms with Crippen LogP contribution in [0.2, 0.25) is 0 Å². The lowest BCUT2D eigenvalue weighted by Crippen LogP contribution is -2.31. The van der Waals surface area contributed by atoms with Gasteiger partial charge in [0.25, 0.3) is 0 Å². The highest BCUT2D eigenvalue weighted by atomic mass is 16.5. The Morgan fingerprint density at radius 2 is 2.11 bits per heavy atom. The van der Waals surface area contributed by atoms with Gasteiger partial charge in [0.2, 0.25) is 0 Å². The molecule has 104 valence electrons. The summed E-state index contributed by atoms with van der Waals surface area (Å²) in [5.74, 6) is 0.959. The van der Waals surface area contributed by atoms with Crippen molar-refractivity contribution in [1.29, 1.82) is 0 Å². The molecule has 0 aromatic heterocycles. The van der Waals surface area contributed by atoms with E-state index in [4.69, 9.17) is 4.74 Å². The van der Waals surface area contributed by atoms with E-state index in [2.05, 4.69) is 34.5 Å². The van der Waals surface area contributed by atoms with E-state index >= 15 is 0 Å². The van der Waals surface area contributed by atoms with Crippen molar-refractivity contribution in [3.05, 3.63) is 29.8 Å². The van der Waals surface area contributed by atoms with Gasteiger partial charge in [-0.3, -0.25) is 0 Å². The molecule has 1 saturated heterocycles. The fraction of sp³-hybridized carbons (Fsp3) is 0.625. The largest absolute Gasteiger partial charge is 0.383 e. The Morgan fingerprint density at radius 3 is 2.74 bits per heavy atom. The number of anilines is 1. The van der Waals surface area contributed by atoms with Gasteiger partial charge in [-0.05, 0) is 42.9 Å². The van der Waals surface area contributed by atoms with Crippen LogP contribution in [0.1, 0.15) is 24.8 Å². The van der Waals surface area contributed by atoms with Crippen LogP contribution in [0.25, 0.3) is 0 Å². The minimum atomic E-state index is 0.773. The van der Waals surface area contributed by atoms with Gasteiger partial charge in [-0.15, -0.1) is 0 Å². The molecule has 2 bridgehead atoms. The van der Waals surface area contributed by atoms with Crippen LogP contribution in [0.5, 0.6) is 0 Å². The van der Waals surface area contributed by atoms with Crippen molar-refractivity contribution in [2.45, 2.75) is 31.8 Å². The lowest BCUT2D eigenvalue weighted by molar-refractivity contribution is 0.199. The molecule has 1 saturated carbocycles. The van der Waals surface area contributed by atoms with E-state index in [1.165, 1.54) is 37.1 Å². The van der Waals surface area contributed by atoms with Crippen LogP contribution in [0.15, 0.2) is 24.3 Å². The average Bonchev–Trinajstić information content (AvgIpc) is 3.07. The first-order valence-electron chi connectivity index (χ1n) is 7.42. The molecule has 1 N–H and O–H groups in total. The number of methoxy groups -OCH3 is 1. The summed E-state index contributed by atoms with van der Waals surface area (Å²) < 4.78 is 5.03. The second-order valence-corrected chi connectivity index (χ2v) is 5.82. The van der Waals surface area contributed by atoms with Crippen LogP contribution < -0.4 is 10.2 Å². The molecule has 1 aliphatic carbocycles. The van der Waals surface area contributed by atoms with Crippen LogP contribution in [-0.2, 0) is 11.3 Å². The Morgan fingerprint density at radius 1 is 1.26 bits per heavy atom. The summed E-state index contributed by atoms with van der Waals surface area (Å²) in [6, 6.07) is 9.89. The molecule has 2 atom stereocenters.